The van der Waals surface area contributed by atoms with Crippen molar-refractivity contribution >= 4 is 18.0 Å². The van der Waals surface area contributed by atoms with Crippen molar-refractivity contribution in [2.75, 3.05) is 0 Å². The van der Waals surface area contributed by atoms with E-state index in [2.05, 4.69) is 10.4 Å². The molecular weight excluding hydrogens is 497 g/mol. The Morgan fingerprint density at radius 1 is 0.868 bits per heavy atom. The number of aryl methyl sites for hydroxylation is 1. The van der Waals surface area contributed by atoms with Gasteiger partial charge >= 0.3 is 6.03 Å². The summed E-state index contributed by atoms with van der Waals surface area (Å²) >= 11 is 0. The van der Waals surface area contributed by atoms with Gasteiger partial charge in [0.2, 0.25) is 0 Å². The van der Waals surface area contributed by atoms with Crippen LogP contribution in [-0.4, -0.2) is 26.6 Å². The molecule has 38 heavy (non-hydrogen) atoms. The molecule has 1 aliphatic rings. The lowest BCUT2D eigenvalue weighted by molar-refractivity contribution is -0.123. The molecule has 3 aromatic carbocycles. The van der Waals surface area contributed by atoms with Crippen molar-refractivity contribution in [3.05, 3.63) is 128 Å². The van der Waals surface area contributed by atoms with Crippen molar-refractivity contribution in [3.63, 3.8) is 0 Å². The average molecular weight is 518 g/mol. The second-order valence-electron chi connectivity index (χ2n) is 8.86. The number of para-hydroxylation sites is 1. The zero-order valence-electron chi connectivity index (χ0n) is 20.1. The third-order valence-corrected chi connectivity index (χ3v) is 6.23. The number of H-pyrrole nitrogens is 1. The smallest absolute Gasteiger partial charge is 0.303 e. The number of imide groups is 1. The fourth-order valence-corrected chi connectivity index (χ4v) is 4.25. The van der Waals surface area contributed by atoms with Crippen LogP contribution in [0.1, 0.15) is 27.9 Å². The molecule has 0 saturated carbocycles. The van der Waals surface area contributed by atoms with Crippen LogP contribution in [0.2, 0.25) is 0 Å². The van der Waals surface area contributed by atoms with Gasteiger partial charge in [-0.3, -0.25) is 19.6 Å². The molecule has 7 nitrogen and oxygen atoms in total. The molecular formula is C28H21F3N4O3. The topological polar surface area (TPSA) is 87.2 Å². The van der Waals surface area contributed by atoms with E-state index in [0.717, 1.165) is 22.6 Å². The van der Waals surface area contributed by atoms with E-state index < -0.39 is 34.9 Å². The monoisotopic (exact) mass is 518 g/mol. The van der Waals surface area contributed by atoms with E-state index in [1.165, 1.54) is 29.0 Å². The molecule has 0 atom stereocenters. The molecule has 10 heteroatoms. The lowest BCUT2D eigenvalue weighted by Crippen LogP contribution is -2.30. The second-order valence-corrected chi connectivity index (χ2v) is 8.86. The van der Waals surface area contributed by atoms with Crippen molar-refractivity contribution in [2.45, 2.75) is 19.9 Å². The SMILES string of the molecule is Cc1ccccc1-n1[nH]c(Cc2ccc(F)cc2)c(/C=C2\NC(=O)N(Cc3ccc(F)c(F)c3)C2=O)c1=O. The molecule has 0 bridgehead atoms. The molecule has 1 aliphatic heterocycles. The Morgan fingerprint density at radius 3 is 2.29 bits per heavy atom. The Kier molecular flexibility index (Phi) is 6.46. The third-order valence-electron chi connectivity index (χ3n) is 6.23. The molecule has 4 aromatic rings. The predicted octanol–water partition coefficient (Wildman–Crippen LogP) is 4.58. The van der Waals surface area contributed by atoms with Gasteiger partial charge < -0.3 is 5.32 Å². The highest BCUT2D eigenvalue weighted by Crippen LogP contribution is 2.21. The van der Waals surface area contributed by atoms with Crippen molar-refractivity contribution in [1.29, 1.82) is 0 Å². The Balaban J connectivity index is 1.53. The Morgan fingerprint density at radius 2 is 1.58 bits per heavy atom. The molecule has 1 saturated heterocycles. The highest BCUT2D eigenvalue weighted by Gasteiger charge is 2.34. The van der Waals surface area contributed by atoms with Crippen molar-refractivity contribution in [2.24, 2.45) is 0 Å². The Hall–Kier alpha value is -4.86. The number of halogens is 3. The number of amides is 3. The maximum atomic E-state index is 13.6. The first-order valence-electron chi connectivity index (χ1n) is 11.6. The average Bonchev–Trinajstić information content (AvgIpc) is 3.33. The van der Waals surface area contributed by atoms with Gasteiger partial charge in [0.15, 0.2) is 11.6 Å². The standard InChI is InChI=1S/C28H21F3N4O3/c1-16-4-2-3-5-25(16)35-26(36)20(23(33-35)13-17-6-9-19(29)10-7-17)14-24-27(37)34(28(38)32-24)15-18-8-11-21(30)22(31)12-18/h2-12,14,33H,13,15H2,1H3,(H,32,38)/b24-14-. The van der Waals surface area contributed by atoms with Gasteiger partial charge in [0.25, 0.3) is 11.5 Å². The number of urea groups is 1. The number of carbonyl (C=O) groups excluding carboxylic acids is 2. The molecule has 1 fully saturated rings. The summed E-state index contributed by atoms with van der Waals surface area (Å²) in [6, 6.07) is 15.3. The van der Waals surface area contributed by atoms with E-state index in [4.69, 9.17) is 0 Å². The number of hydrogen-bond donors (Lipinski definition) is 2. The number of nitrogens with zero attached hydrogens (tertiary/aromatic N) is 2. The van der Waals surface area contributed by atoms with Crippen molar-refractivity contribution in [3.8, 4) is 5.69 Å². The highest BCUT2D eigenvalue weighted by molar-refractivity contribution is 6.13. The van der Waals surface area contributed by atoms with Gasteiger partial charge in [0.05, 0.1) is 17.8 Å². The lowest BCUT2D eigenvalue weighted by Gasteiger charge is -2.11. The highest BCUT2D eigenvalue weighted by atomic mass is 19.2. The van der Waals surface area contributed by atoms with Gasteiger partial charge in [-0.15, -0.1) is 0 Å². The number of carbonyl (C=O) groups is 2. The maximum absolute atomic E-state index is 13.6. The number of rotatable bonds is 6. The molecule has 0 spiro atoms. The third kappa shape index (κ3) is 4.75. The molecule has 3 amide bonds. The lowest BCUT2D eigenvalue weighted by atomic mass is 10.1. The van der Waals surface area contributed by atoms with Crippen LogP contribution < -0.4 is 10.9 Å². The first-order valence-corrected chi connectivity index (χ1v) is 11.6. The van der Waals surface area contributed by atoms with E-state index in [9.17, 15) is 27.6 Å². The molecule has 0 unspecified atom stereocenters. The largest absolute Gasteiger partial charge is 0.329 e. The normalized spacial score (nSPS) is 14.4. The summed E-state index contributed by atoms with van der Waals surface area (Å²) < 4.78 is 41.7. The number of benzene rings is 3. The molecule has 5 rings (SSSR count). The van der Waals surface area contributed by atoms with Crippen LogP contribution in [0.5, 0.6) is 0 Å². The molecule has 0 aliphatic carbocycles. The summed E-state index contributed by atoms with van der Waals surface area (Å²) in [6.07, 6.45) is 1.51. The Labute approximate surface area is 214 Å². The second kappa shape index (κ2) is 9.89. The van der Waals surface area contributed by atoms with Gasteiger partial charge in [-0.25, -0.2) is 22.6 Å². The van der Waals surface area contributed by atoms with Gasteiger partial charge in [-0.2, -0.15) is 0 Å². The molecule has 0 radical (unpaired) electrons. The van der Waals surface area contributed by atoms with E-state index >= 15 is 0 Å². The molecule has 1 aromatic heterocycles. The number of hydrogen-bond acceptors (Lipinski definition) is 3. The minimum Gasteiger partial charge on any atom is -0.303 e. The van der Waals surface area contributed by atoms with E-state index in [1.54, 1.807) is 24.3 Å². The molecule has 2 heterocycles. The van der Waals surface area contributed by atoms with Gasteiger partial charge in [-0.05, 0) is 60.0 Å². The predicted molar refractivity (Wildman–Crippen MR) is 134 cm³/mol. The Bertz CT molecular complexity index is 1650. The summed E-state index contributed by atoms with van der Waals surface area (Å²) in [5.74, 6) is -3.27. The van der Waals surface area contributed by atoms with Crippen LogP contribution >= 0.6 is 0 Å². The first kappa shape index (κ1) is 24.8. The van der Waals surface area contributed by atoms with E-state index in [-0.39, 0.29) is 29.8 Å². The first-order chi connectivity index (χ1) is 18.2. The van der Waals surface area contributed by atoms with Gasteiger partial charge in [0, 0.05) is 12.1 Å². The van der Waals surface area contributed by atoms with Crippen molar-refractivity contribution < 1.29 is 22.8 Å². The van der Waals surface area contributed by atoms with Crippen LogP contribution in [-0.2, 0) is 17.8 Å². The fourth-order valence-electron chi connectivity index (χ4n) is 4.25. The minimum absolute atomic E-state index is 0.135. The maximum Gasteiger partial charge on any atom is 0.329 e. The summed E-state index contributed by atoms with van der Waals surface area (Å²) in [4.78, 5) is 40.0. The van der Waals surface area contributed by atoms with E-state index in [0.29, 0.717) is 16.9 Å². The summed E-state index contributed by atoms with van der Waals surface area (Å²) in [7, 11) is 0. The molecule has 2 N–H and O–H groups in total. The molecule has 192 valence electrons. The van der Waals surface area contributed by atoms with Gasteiger partial charge in [0.1, 0.15) is 11.5 Å². The van der Waals surface area contributed by atoms with Crippen LogP contribution in [0.25, 0.3) is 11.8 Å². The number of aromatic amines is 1. The van der Waals surface area contributed by atoms with Crippen molar-refractivity contribution in [1.82, 2.24) is 20.0 Å². The number of nitrogens with one attached hydrogen (secondary N) is 2. The van der Waals surface area contributed by atoms with Crippen LogP contribution in [0.3, 0.4) is 0 Å². The quantitative estimate of drug-likeness (QED) is 0.290. The summed E-state index contributed by atoms with van der Waals surface area (Å²) in [5, 5.41) is 5.54. The van der Waals surface area contributed by atoms with Crippen LogP contribution in [0.4, 0.5) is 18.0 Å². The van der Waals surface area contributed by atoms with Crippen LogP contribution in [0.15, 0.2) is 77.2 Å². The van der Waals surface area contributed by atoms with Crippen LogP contribution in [0, 0.1) is 24.4 Å². The zero-order valence-corrected chi connectivity index (χ0v) is 20.1. The van der Waals surface area contributed by atoms with Gasteiger partial charge in [-0.1, -0.05) is 36.4 Å². The summed E-state index contributed by atoms with van der Waals surface area (Å²) in [6.45, 7) is 1.56. The minimum atomic E-state index is -1.10. The fraction of sp³-hybridized carbons (Fsp3) is 0.107. The summed E-state index contributed by atoms with van der Waals surface area (Å²) in [5.41, 5.74) is 2.33. The number of aromatic nitrogens is 2. The van der Waals surface area contributed by atoms with E-state index in [1.807, 2.05) is 19.1 Å². The zero-order chi connectivity index (χ0) is 27.0.